The largest absolute Gasteiger partial charge is 0.351 e. The van der Waals surface area contributed by atoms with Gasteiger partial charge >= 0.3 is 0 Å². The van der Waals surface area contributed by atoms with E-state index in [0.717, 1.165) is 18.5 Å². The van der Waals surface area contributed by atoms with E-state index in [1.165, 1.54) is 11.3 Å². The summed E-state index contributed by atoms with van der Waals surface area (Å²) in [5.74, 6) is -0.524. The molecule has 1 saturated heterocycles. The van der Waals surface area contributed by atoms with Crippen LogP contribution in [0.1, 0.15) is 34.6 Å². The summed E-state index contributed by atoms with van der Waals surface area (Å²) in [4.78, 5) is 39.7. The molecule has 7 nitrogen and oxygen atoms in total. The second-order valence-corrected chi connectivity index (χ2v) is 5.80. The summed E-state index contributed by atoms with van der Waals surface area (Å²) in [7, 11) is 0. The molecule has 20 heavy (non-hydrogen) atoms. The smallest absolute Gasteiger partial charge is 0.263 e. The van der Waals surface area contributed by atoms with Crippen molar-refractivity contribution >= 4 is 34.2 Å². The fraction of sp³-hybridized carbons (Fsp3) is 0.500. The maximum absolute atomic E-state index is 12.0. The molecule has 0 aromatic carbocycles. The summed E-state index contributed by atoms with van der Waals surface area (Å²) in [5, 5.41) is 8.48. The van der Waals surface area contributed by atoms with Gasteiger partial charge in [0.2, 0.25) is 11.8 Å². The first-order valence-corrected chi connectivity index (χ1v) is 7.33. The predicted molar refractivity (Wildman–Crippen MR) is 72.6 cm³/mol. The van der Waals surface area contributed by atoms with Crippen molar-refractivity contribution in [2.75, 3.05) is 11.9 Å². The quantitative estimate of drug-likeness (QED) is 0.716. The van der Waals surface area contributed by atoms with Crippen LogP contribution in [0.2, 0.25) is 0 Å². The highest BCUT2D eigenvalue weighted by atomic mass is 32.1. The SMILES string of the molecule is O=C1CC[C@@H](C(=O)Nc2nc3c(s2)C(=O)NCCC3)N1. The summed E-state index contributed by atoms with van der Waals surface area (Å²) in [6.45, 7) is 0.651. The average molecular weight is 294 g/mol. The molecule has 3 heterocycles. The number of amides is 3. The van der Waals surface area contributed by atoms with Crippen molar-refractivity contribution in [1.29, 1.82) is 0 Å². The van der Waals surface area contributed by atoms with Crippen molar-refractivity contribution in [1.82, 2.24) is 15.6 Å². The summed E-state index contributed by atoms with van der Waals surface area (Å²) in [6.07, 6.45) is 2.43. The van der Waals surface area contributed by atoms with E-state index in [0.29, 0.717) is 29.4 Å². The number of anilines is 1. The molecule has 2 aliphatic rings. The van der Waals surface area contributed by atoms with Crippen molar-refractivity contribution < 1.29 is 14.4 Å². The van der Waals surface area contributed by atoms with Crippen LogP contribution in [-0.2, 0) is 16.0 Å². The number of thiazole rings is 1. The van der Waals surface area contributed by atoms with Gasteiger partial charge in [0.25, 0.3) is 5.91 Å². The molecule has 0 unspecified atom stereocenters. The standard InChI is InChI=1S/C12H14N4O3S/c17-8-4-3-7(14-8)10(18)16-12-15-6-2-1-5-13-11(19)9(6)20-12/h7H,1-5H2,(H,13,19)(H,14,17)(H,15,16,18)/t7-/m0/s1. The van der Waals surface area contributed by atoms with E-state index >= 15 is 0 Å². The number of aryl methyl sites for hydroxylation is 1. The Hall–Kier alpha value is -1.96. The van der Waals surface area contributed by atoms with Crippen LogP contribution in [0.5, 0.6) is 0 Å². The number of hydrogen-bond donors (Lipinski definition) is 3. The van der Waals surface area contributed by atoms with Crippen molar-refractivity contribution in [3.8, 4) is 0 Å². The van der Waals surface area contributed by atoms with E-state index in [2.05, 4.69) is 20.9 Å². The lowest BCUT2D eigenvalue weighted by Crippen LogP contribution is -2.37. The van der Waals surface area contributed by atoms with Gasteiger partial charge in [-0.1, -0.05) is 11.3 Å². The van der Waals surface area contributed by atoms with E-state index < -0.39 is 6.04 Å². The maximum atomic E-state index is 12.0. The molecule has 8 heteroatoms. The third-order valence-corrected chi connectivity index (χ3v) is 4.33. The van der Waals surface area contributed by atoms with Crippen molar-refractivity contribution in [2.24, 2.45) is 0 Å². The fourth-order valence-corrected chi connectivity index (χ4v) is 3.22. The molecule has 1 aromatic rings. The zero-order chi connectivity index (χ0) is 14.1. The number of nitrogens with zero attached hydrogens (tertiary/aromatic N) is 1. The highest BCUT2D eigenvalue weighted by molar-refractivity contribution is 7.17. The Balaban J connectivity index is 1.72. The highest BCUT2D eigenvalue weighted by Crippen LogP contribution is 2.26. The molecule has 0 bridgehead atoms. The molecule has 1 atom stereocenters. The first-order valence-electron chi connectivity index (χ1n) is 6.51. The molecule has 0 radical (unpaired) electrons. The third kappa shape index (κ3) is 2.51. The summed E-state index contributed by atoms with van der Waals surface area (Å²) in [6, 6.07) is -0.500. The van der Waals surface area contributed by atoms with Crippen LogP contribution in [0.4, 0.5) is 5.13 Å². The molecular formula is C12H14N4O3S. The summed E-state index contributed by atoms with van der Waals surface area (Å²) < 4.78 is 0. The minimum atomic E-state index is -0.500. The van der Waals surface area contributed by atoms with Crippen LogP contribution in [0.15, 0.2) is 0 Å². The van der Waals surface area contributed by atoms with Gasteiger partial charge in [-0.2, -0.15) is 0 Å². The average Bonchev–Trinajstić information content (AvgIpc) is 2.97. The number of aromatic nitrogens is 1. The van der Waals surface area contributed by atoms with E-state index in [1.807, 2.05) is 0 Å². The molecule has 2 aliphatic heterocycles. The van der Waals surface area contributed by atoms with E-state index in [-0.39, 0.29) is 17.7 Å². The molecular weight excluding hydrogens is 280 g/mol. The van der Waals surface area contributed by atoms with Gasteiger partial charge in [0.15, 0.2) is 5.13 Å². The van der Waals surface area contributed by atoms with E-state index in [1.54, 1.807) is 0 Å². The van der Waals surface area contributed by atoms with Crippen molar-refractivity contribution in [2.45, 2.75) is 31.7 Å². The Morgan fingerprint density at radius 2 is 2.20 bits per heavy atom. The molecule has 1 aromatic heterocycles. The number of fused-ring (bicyclic) bond motifs is 1. The van der Waals surface area contributed by atoms with E-state index in [4.69, 9.17) is 0 Å². The van der Waals surface area contributed by atoms with Crippen molar-refractivity contribution in [3.63, 3.8) is 0 Å². The Labute approximate surface area is 119 Å². The number of carbonyl (C=O) groups excluding carboxylic acids is 3. The second kappa shape index (κ2) is 5.20. The van der Waals surface area contributed by atoms with Gasteiger partial charge in [0.1, 0.15) is 10.9 Å². The van der Waals surface area contributed by atoms with Gasteiger partial charge in [0, 0.05) is 13.0 Å². The summed E-state index contributed by atoms with van der Waals surface area (Å²) >= 11 is 1.18. The Morgan fingerprint density at radius 3 is 2.95 bits per heavy atom. The molecule has 3 rings (SSSR count). The lowest BCUT2D eigenvalue weighted by molar-refractivity contribution is -0.122. The normalized spacial score (nSPS) is 21.7. The second-order valence-electron chi connectivity index (χ2n) is 4.80. The van der Waals surface area contributed by atoms with Crippen molar-refractivity contribution in [3.05, 3.63) is 10.6 Å². The lowest BCUT2D eigenvalue weighted by Gasteiger charge is -2.08. The monoisotopic (exact) mass is 294 g/mol. The highest BCUT2D eigenvalue weighted by Gasteiger charge is 2.28. The minimum absolute atomic E-state index is 0.112. The van der Waals surface area contributed by atoms with Crippen LogP contribution in [0, 0.1) is 0 Å². The van der Waals surface area contributed by atoms with E-state index in [9.17, 15) is 14.4 Å². The molecule has 0 saturated carbocycles. The lowest BCUT2D eigenvalue weighted by atomic mass is 10.2. The molecule has 1 fully saturated rings. The zero-order valence-electron chi connectivity index (χ0n) is 10.7. The molecule has 3 N–H and O–H groups in total. The summed E-state index contributed by atoms with van der Waals surface area (Å²) in [5.41, 5.74) is 0.732. The van der Waals surface area contributed by atoms with Crippen LogP contribution in [0.25, 0.3) is 0 Å². The van der Waals surface area contributed by atoms with Gasteiger partial charge < -0.3 is 16.0 Å². The van der Waals surface area contributed by atoms with Crippen LogP contribution < -0.4 is 16.0 Å². The number of hydrogen-bond acceptors (Lipinski definition) is 5. The first-order chi connectivity index (χ1) is 9.63. The van der Waals surface area contributed by atoms with Crippen LogP contribution in [-0.4, -0.2) is 35.3 Å². The molecule has 3 amide bonds. The molecule has 106 valence electrons. The van der Waals surface area contributed by atoms with Gasteiger partial charge in [-0.15, -0.1) is 0 Å². The van der Waals surface area contributed by atoms with Gasteiger partial charge in [-0.3, -0.25) is 14.4 Å². The topological polar surface area (TPSA) is 100 Å². The Bertz CT molecular complexity index is 583. The maximum Gasteiger partial charge on any atom is 0.263 e. The molecule has 0 aliphatic carbocycles. The zero-order valence-corrected chi connectivity index (χ0v) is 11.5. The van der Waals surface area contributed by atoms with Gasteiger partial charge in [-0.25, -0.2) is 4.98 Å². The van der Waals surface area contributed by atoms with Crippen LogP contribution >= 0.6 is 11.3 Å². The first kappa shape index (κ1) is 13.0. The Morgan fingerprint density at radius 1 is 1.35 bits per heavy atom. The predicted octanol–water partition coefficient (Wildman–Crippen LogP) is 0.0362. The number of carbonyl (C=O) groups is 3. The third-order valence-electron chi connectivity index (χ3n) is 3.32. The number of rotatable bonds is 2. The number of nitrogens with one attached hydrogen (secondary N) is 3. The Kier molecular flexibility index (Phi) is 3.39. The molecule has 0 spiro atoms. The fourth-order valence-electron chi connectivity index (χ4n) is 2.29. The van der Waals surface area contributed by atoms with Gasteiger partial charge in [0.05, 0.1) is 5.69 Å². The van der Waals surface area contributed by atoms with Crippen LogP contribution in [0.3, 0.4) is 0 Å². The van der Waals surface area contributed by atoms with Gasteiger partial charge in [-0.05, 0) is 19.3 Å². The minimum Gasteiger partial charge on any atom is -0.351 e.